The summed E-state index contributed by atoms with van der Waals surface area (Å²) in [5, 5.41) is 12.0. The number of hydrogen-bond acceptors (Lipinski definition) is 3. The predicted molar refractivity (Wildman–Crippen MR) is 85.6 cm³/mol. The second kappa shape index (κ2) is 5.66. The summed E-state index contributed by atoms with van der Waals surface area (Å²) < 4.78 is 1.92. The largest absolute Gasteiger partial charge is 0.310 e. The van der Waals surface area contributed by atoms with E-state index in [0.29, 0.717) is 6.04 Å². The Morgan fingerprint density at radius 3 is 2.76 bits per heavy atom. The van der Waals surface area contributed by atoms with Crippen molar-refractivity contribution in [3.8, 4) is 5.69 Å². The van der Waals surface area contributed by atoms with E-state index in [4.69, 9.17) is 0 Å². The number of fused-ring (bicyclic) bond motifs is 1. The van der Waals surface area contributed by atoms with Crippen molar-refractivity contribution in [2.24, 2.45) is 0 Å². The lowest BCUT2D eigenvalue weighted by atomic mass is 10.1. The number of benzene rings is 2. The van der Waals surface area contributed by atoms with Gasteiger partial charge in [0.25, 0.3) is 0 Å². The summed E-state index contributed by atoms with van der Waals surface area (Å²) in [6.07, 6.45) is 0. The van der Waals surface area contributed by atoms with Gasteiger partial charge in [-0.3, -0.25) is 0 Å². The van der Waals surface area contributed by atoms with Gasteiger partial charge in [0.15, 0.2) is 0 Å². The van der Waals surface area contributed by atoms with Gasteiger partial charge in [-0.1, -0.05) is 43.3 Å². The van der Waals surface area contributed by atoms with Crippen LogP contribution in [0.5, 0.6) is 0 Å². The highest BCUT2D eigenvalue weighted by atomic mass is 15.4. The van der Waals surface area contributed by atoms with Crippen molar-refractivity contribution >= 4 is 11.0 Å². The van der Waals surface area contributed by atoms with Crippen LogP contribution in [0.3, 0.4) is 0 Å². The summed E-state index contributed by atoms with van der Waals surface area (Å²) in [5.41, 5.74) is 5.49. The van der Waals surface area contributed by atoms with Gasteiger partial charge in [0.05, 0.1) is 11.2 Å². The third-order valence-electron chi connectivity index (χ3n) is 3.57. The average Bonchev–Trinajstić information content (AvgIpc) is 2.90. The molecule has 0 spiro atoms. The summed E-state index contributed by atoms with van der Waals surface area (Å²) in [7, 11) is 0. The smallest absolute Gasteiger partial charge is 0.113 e. The molecule has 0 saturated carbocycles. The van der Waals surface area contributed by atoms with E-state index < -0.39 is 0 Å². The van der Waals surface area contributed by atoms with Crippen molar-refractivity contribution in [1.82, 2.24) is 20.3 Å². The molecule has 0 aliphatic heterocycles. The molecular weight excluding hydrogens is 260 g/mol. The fourth-order valence-corrected chi connectivity index (χ4v) is 2.36. The zero-order valence-corrected chi connectivity index (χ0v) is 12.7. The Morgan fingerprint density at radius 2 is 1.95 bits per heavy atom. The van der Waals surface area contributed by atoms with E-state index >= 15 is 0 Å². The first-order valence-electron chi connectivity index (χ1n) is 7.29. The number of rotatable bonds is 4. The Labute approximate surface area is 124 Å². The molecule has 0 bridgehead atoms. The Bertz CT molecular complexity index is 758. The van der Waals surface area contributed by atoms with Crippen molar-refractivity contribution in [3.05, 3.63) is 53.6 Å². The number of aryl methyl sites for hydroxylation is 1. The van der Waals surface area contributed by atoms with Crippen LogP contribution < -0.4 is 5.32 Å². The van der Waals surface area contributed by atoms with Gasteiger partial charge in [-0.25, -0.2) is 4.68 Å². The summed E-state index contributed by atoms with van der Waals surface area (Å²) in [5.74, 6) is 0. The van der Waals surface area contributed by atoms with Crippen LogP contribution in [0, 0.1) is 6.92 Å². The molecular formula is C17H20N4. The molecule has 0 saturated heterocycles. The number of hydrogen-bond donors (Lipinski definition) is 1. The van der Waals surface area contributed by atoms with Crippen LogP contribution in [0.2, 0.25) is 0 Å². The van der Waals surface area contributed by atoms with Gasteiger partial charge in [-0.15, -0.1) is 5.10 Å². The third kappa shape index (κ3) is 2.81. The van der Waals surface area contributed by atoms with Gasteiger partial charge < -0.3 is 5.32 Å². The molecule has 1 heterocycles. The van der Waals surface area contributed by atoms with E-state index in [9.17, 15) is 0 Å². The molecule has 0 aliphatic carbocycles. The molecule has 21 heavy (non-hydrogen) atoms. The summed E-state index contributed by atoms with van der Waals surface area (Å²) in [6.45, 7) is 7.27. The highest BCUT2D eigenvalue weighted by molar-refractivity contribution is 5.76. The summed E-state index contributed by atoms with van der Waals surface area (Å²) in [4.78, 5) is 0. The molecule has 0 fully saturated rings. The lowest BCUT2D eigenvalue weighted by molar-refractivity contribution is 0.588. The zero-order valence-electron chi connectivity index (χ0n) is 12.7. The quantitative estimate of drug-likeness (QED) is 0.798. The standard InChI is InChI=1S/C17H20N4/c1-12(2)18-11-14-9-8-13(3)17(10-14)21-16-7-5-4-6-15(16)19-20-21/h4-10,12,18H,11H2,1-3H3. The van der Waals surface area contributed by atoms with Gasteiger partial charge in [0.2, 0.25) is 0 Å². The van der Waals surface area contributed by atoms with E-state index in [0.717, 1.165) is 23.3 Å². The molecule has 0 amide bonds. The topological polar surface area (TPSA) is 42.7 Å². The molecule has 4 nitrogen and oxygen atoms in total. The summed E-state index contributed by atoms with van der Waals surface area (Å²) in [6, 6.07) is 15.0. The van der Waals surface area contributed by atoms with E-state index in [1.807, 2.05) is 28.9 Å². The predicted octanol–water partition coefficient (Wildman–Crippen LogP) is 3.23. The molecule has 0 radical (unpaired) electrons. The maximum absolute atomic E-state index is 4.31. The van der Waals surface area contributed by atoms with Crippen LogP contribution in [0.1, 0.15) is 25.0 Å². The Kier molecular flexibility index (Phi) is 3.71. The Balaban J connectivity index is 2.03. The first kappa shape index (κ1) is 13.8. The van der Waals surface area contributed by atoms with Crippen molar-refractivity contribution in [3.63, 3.8) is 0 Å². The van der Waals surface area contributed by atoms with Crippen LogP contribution in [-0.4, -0.2) is 21.0 Å². The highest BCUT2D eigenvalue weighted by Crippen LogP contribution is 2.20. The second-order valence-electron chi connectivity index (χ2n) is 5.65. The number of nitrogens with one attached hydrogen (secondary N) is 1. The second-order valence-corrected chi connectivity index (χ2v) is 5.65. The minimum atomic E-state index is 0.474. The van der Waals surface area contributed by atoms with Gasteiger partial charge >= 0.3 is 0 Å². The van der Waals surface area contributed by atoms with E-state index in [2.05, 4.69) is 54.6 Å². The van der Waals surface area contributed by atoms with Crippen LogP contribution in [0.15, 0.2) is 42.5 Å². The molecule has 4 heteroatoms. The van der Waals surface area contributed by atoms with E-state index in [-0.39, 0.29) is 0 Å². The monoisotopic (exact) mass is 280 g/mol. The molecule has 3 aromatic rings. The highest BCUT2D eigenvalue weighted by Gasteiger charge is 2.09. The van der Waals surface area contributed by atoms with E-state index in [1.165, 1.54) is 11.1 Å². The van der Waals surface area contributed by atoms with Gasteiger partial charge in [-0.05, 0) is 36.2 Å². The van der Waals surface area contributed by atoms with Crippen molar-refractivity contribution < 1.29 is 0 Å². The minimum absolute atomic E-state index is 0.474. The molecule has 108 valence electrons. The SMILES string of the molecule is Cc1ccc(CNC(C)C)cc1-n1nnc2ccccc21. The van der Waals surface area contributed by atoms with Crippen LogP contribution in [-0.2, 0) is 6.54 Å². The molecule has 0 atom stereocenters. The van der Waals surface area contributed by atoms with Gasteiger partial charge in [-0.2, -0.15) is 0 Å². The normalized spacial score (nSPS) is 11.4. The maximum atomic E-state index is 4.31. The fourth-order valence-electron chi connectivity index (χ4n) is 2.36. The fraction of sp³-hybridized carbons (Fsp3) is 0.294. The van der Waals surface area contributed by atoms with Gasteiger partial charge in [0.1, 0.15) is 5.52 Å². The summed E-state index contributed by atoms with van der Waals surface area (Å²) >= 11 is 0. The molecule has 3 rings (SSSR count). The van der Waals surface area contributed by atoms with Gasteiger partial charge in [0, 0.05) is 12.6 Å². The molecule has 1 aromatic heterocycles. The molecule has 0 unspecified atom stereocenters. The van der Waals surface area contributed by atoms with Crippen molar-refractivity contribution in [1.29, 1.82) is 0 Å². The lowest BCUT2D eigenvalue weighted by Crippen LogP contribution is -2.21. The first-order chi connectivity index (χ1) is 10.1. The van der Waals surface area contributed by atoms with Crippen molar-refractivity contribution in [2.45, 2.75) is 33.4 Å². The molecule has 2 aromatic carbocycles. The number of nitrogens with zero attached hydrogens (tertiary/aromatic N) is 3. The molecule has 0 aliphatic rings. The van der Waals surface area contributed by atoms with Crippen LogP contribution in [0.4, 0.5) is 0 Å². The zero-order chi connectivity index (χ0) is 14.8. The first-order valence-corrected chi connectivity index (χ1v) is 7.29. The number of aromatic nitrogens is 3. The lowest BCUT2D eigenvalue weighted by Gasteiger charge is -2.12. The van der Waals surface area contributed by atoms with Crippen molar-refractivity contribution in [2.75, 3.05) is 0 Å². The Morgan fingerprint density at radius 1 is 1.14 bits per heavy atom. The van der Waals surface area contributed by atoms with Crippen LogP contribution >= 0.6 is 0 Å². The molecule has 1 N–H and O–H groups in total. The Hall–Kier alpha value is -2.20. The van der Waals surface area contributed by atoms with E-state index in [1.54, 1.807) is 0 Å². The minimum Gasteiger partial charge on any atom is -0.310 e. The average molecular weight is 280 g/mol. The van der Waals surface area contributed by atoms with Crippen LogP contribution in [0.25, 0.3) is 16.7 Å². The number of para-hydroxylation sites is 1. The third-order valence-corrected chi connectivity index (χ3v) is 3.57. The maximum Gasteiger partial charge on any atom is 0.113 e.